The van der Waals surface area contributed by atoms with Crippen molar-refractivity contribution in [2.45, 2.75) is 19.6 Å². The predicted octanol–water partition coefficient (Wildman–Crippen LogP) is 4.31. The number of hydrogen-bond donors (Lipinski definition) is 2. The molecule has 2 aromatic rings. The summed E-state index contributed by atoms with van der Waals surface area (Å²) >= 11 is 0. The molecule has 0 fully saturated rings. The zero-order chi connectivity index (χ0) is 18.2. The SMILES string of the molecule is C[C@@H](NC(=O)OCc1ccccc1)c1ccc(C(=O)O)cc1N=[N+]=[N-]. The van der Waals surface area contributed by atoms with Crippen molar-refractivity contribution in [2.75, 3.05) is 0 Å². The smallest absolute Gasteiger partial charge is 0.407 e. The van der Waals surface area contributed by atoms with Crippen LogP contribution in [0, 0.1) is 0 Å². The Morgan fingerprint density at radius 3 is 2.64 bits per heavy atom. The zero-order valence-electron chi connectivity index (χ0n) is 13.4. The van der Waals surface area contributed by atoms with Crippen molar-refractivity contribution in [3.05, 3.63) is 75.7 Å². The standard InChI is InChI=1S/C17H16N4O4/c1-11(19-17(24)25-10-12-5-3-2-4-6-12)14-8-7-13(16(22)23)9-15(14)20-21-18/h2-9,11H,10H2,1H3,(H,19,24)(H,22,23)/t11-/m1/s1. The van der Waals surface area contributed by atoms with Gasteiger partial charge in [0.05, 0.1) is 11.6 Å². The molecule has 0 aromatic heterocycles. The van der Waals surface area contributed by atoms with Crippen molar-refractivity contribution in [2.24, 2.45) is 5.11 Å². The predicted molar refractivity (Wildman–Crippen MR) is 90.4 cm³/mol. The fourth-order valence-corrected chi connectivity index (χ4v) is 2.20. The normalized spacial score (nSPS) is 11.1. The fraction of sp³-hybridized carbons (Fsp3) is 0.176. The molecule has 25 heavy (non-hydrogen) atoms. The van der Waals surface area contributed by atoms with Crippen LogP contribution in [-0.2, 0) is 11.3 Å². The molecule has 0 saturated carbocycles. The Kier molecular flexibility index (Phi) is 5.97. The largest absolute Gasteiger partial charge is 0.478 e. The number of rotatable bonds is 6. The second-order valence-corrected chi connectivity index (χ2v) is 5.20. The van der Waals surface area contributed by atoms with Crippen LogP contribution in [0.4, 0.5) is 10.5 Å². The fourth-order valence-electron chi connectivity index (χ4n) is 2.20. The van der Waals surface area contributed by atoms with Gasteiger partial charge in [0.1, 0.15) is 6.61 Å². The van der Waals surface area contributed by atoms with Gasteiger partial charge in [-0.3, -0.25) is 0 Å². The van der Waals surface area contributed by atoms with E-state index in [2.05, 4.69) is 15.3 Å². The number of nitrogens with zero attached hydrogens (tertiary/aromatic N) is 3. The average Bonchev–Trinajstić information content (AvgIpc) is 2.61. The Morgan fingerprint density at radius 1 is 1.28 bits per heavy atom. The summed E-state index contributed by atoms with van der Waals surface area (Å²) in [6.45, 7) is 1.80. The van der Waals surface area contributed by atoms with Gasteiger partial charge in [-0.1, -0.05) is 41.5 Å². The Hall–Kier alpha value is -3.51. The van der Waals surface area contributed by atoms with E-state index in [-0.39, 0.29) is 17.9 Å². The lowest BCUT2D eigenvalue weighted by molar-refractivity contribution is 0.0696. The van der Waals surface area contributed by atoms with Crippen LogP contribution < -0.4 is 5.32 Å². The van der Waals surface area contributed by atoms with E-state index in [1.165, 1.54) is 18.2 Å². The number of hydrogen-bond acceptors (Lipinski definition) is 4. The van der Waals surface area contributed by atoms with Crippen LogP contribution in [0.25, 0.3) is 10.4 Å². The van der Waals surface area contributed by atoms with Crippen LogP contribution in [0.2, 0.25) is 0 Å². The minimum atomic E-state index is -1.14. The number of nitrogens with one attached hydrogen (secondary N) is 1. The van der Waals surface area contributed by atoms with E-state index < -0.39 is 18.1 Å². The zero-order valence-corrected chi connectivity index (χ0v) is 13.4. The van der Waals surface area contributed by atoms with E-state index in [0.717, 1.165) is 5.56 Å². The van der Waals surface area contributed by atoms with Crippen LogP contribution in [-0.4, -0.2) is 17.2 Å². The second kappa shape index (κ2) is 8.37. The van der Waals surface area contributed by atoms with Gasteiger partial charge in [0.15, 0.2) is 0 Å². The first-order chi connectivity index (χ1) is 12.0. The Bertz CT molecular complexity index is 817. The van der Waals surface area contributed by atoms with Gasteiger partial charge >= 0.3 is 12.1 Å². The van der Waals surface area contributed by atoms with Crippen molar-refractivity contribution in [1.82, 2.24) is 5.32 Å². The third-order valence-electron chi connectivity index (χ3n) is 3.44. The molecule has 0 spiro atoms. The lowest BCUT2D eigenvalue weighted by Crippen LogP contribution is -2.27. The average molecular weight is 340 g/mol. The van der Waals surface area contributed by atoms with Crippen molar-refractivity contribution < 1.29 is 19.4 Å². The lowest BCUT2D eigenvalue weighted by Gasteiger charge is -2.16. The molecule has 0 bridgehead atoms. The van der Waals surface area contributed by atoms with E-state index >= 15 is 0 Å². The molecule has 0 saturated heterocycles. The van der Waals surface area contributed by atoms with Gasteiger partial charge in [-0.25, -0.2) is 9.59 Å². The molecule has 0 aliphatic rings. The summed E-state index contributed by atoms with van der Waals surface area (Å²) in [7, 11) is 0. The summed E-state index contributed by atoms with van der Waals surface area (Å²) in [5.74, 6) is -1.14. The number of ether oxygens (including phenoxy) is 1. The van der Waals surface area contributed by atoms with E-state index in [9.17, 15) is 9.59 Å². The van der Waals surface area contributed by atoms with Gasteiger partial charge in [-0.15, -0.1) is 0 Å². The molecular formula is C17H16N4O4. The quantitative estimate of drug-likeness (QED) is 0.461. The summed E-state index contributed by atoms with van der Waals surface area (Å²) in [4.78, 5) is 25.6. The molecule has 8 nitrogen and oxygen atoms in total. The van der Waals surface area contributed by atoms with Gasteiger partial charge in [0.2, 0.25) is 0 Å². The first-order valence-electron chi connectivity index (χ1n) is 7.41. The molecule has 0 unspecified atom stereocenters. The number of carbonyl (C=O) groups is 2. The van der Waals surface area contributed by atoms with Crippen molar-refractivity contribution in [1.29, 1.82) is 0 Å². The molecule has 0 heterocycles. The number of aromatic carboxylic acids is 1. The summed E-state index contributed by atoms with van der Waals surface area (Å²) < 4.78 is 5.13. The number of amides is 1. The third-order valence-corrected chi connectivity index (χ3v) is 3.44. The maximum atomic E-state index is 11.9. The van der Waals surface area contributed by atoms with Gasteiger partial charge < -0.3 is 15.2 Å². The number of carbonyl (C=O) groups excluding carboxylic acids is 1. The number of alkyl carbamates (subject to hydrolysis) is 1. The molecule has 0 aliphatic carbocycles. The Morgan fingerprint density at radius 2 is 2.00 bits per heavy atom. The van der Waals surface area contributed by atoms with Crippen molar-refractivity contribution in [3.63, 3.8) is 0 Å². The van der Waals surface area contributed by atoms with Crippen LogP contribution >= 0.6 is 0 Å². The van der Waals surface area contributed by atoms with E-state index in [4.69, 9.17) is 15.4 Å². The Labute approximate surface area is 143 Å². The first kappa shape index (κ1) is 17.8. The molecule has 2 rings (SSSR count). The first-order valence-corrected chi connectivity index (χ1v) is 7.41. The van der Waals surface area contributed by atoms with Crippen molar-refractivity contribution in [3.8, 4) is 0 Å². The molecule has 2 aromatic carbocycles. The van der Waals surface area contributed by atoms with Crippen molar-refractivity contribution >= 4 is 17.7 Å². The van der Waals surface area contributed by atoms with E-state index in [1.807, 2.05) is 30.3 Å². The summed E-state index contributed by atoms with van der Waals surface area (Å²) in [5, 5.41) is 15.1. The highest BCUT2D eigenvalue weighted by Crippen LogP contribution is 2.27. The lowest BCUT2D eigenvalue weighted by atomic mass is 10.0. The number of azide groups is 1. The van der Waals surface area contributed by atoms with Gasteiger partial charge in [-0.2, -0.15) is 0 Å². The number of carboxylic acids is 1. The maximum absolute atomic E-state index is 11.9. The number of benzene rings is 2. The topological polar surface area (TPSA) is 124 Å². The van der Waals surface area contributed by atoms with Gasteiger partial charge in [-0.05, 0) is 35.7 Å². The summed E-state index contributed by atoms with van der Waals surface area (Å²) in [6, 6.07) is 12.8. The highest BCUT2D eigenvalue weighted by molar-refractivity contribution is 5.89. The molecular weight excluding hydrogens is 324 g/mol. The van der Waals surface area contributed by atoms with Crippen LogP contribution in [0.15, 0.2) is 53.6 Å². The maximum Gasteiger partial charge on any atom is 0.407 e. The monoisotopic (exact) mass is 340 g/mol. The number of carboxylic acid groups (broad SMARTS) is 1. The van der Waals surface area contributed by atoms with Crippen LogP contribution in [0.5, 0.6) is 0 Å². The highest BCUT2D eigenvalue weighted by atomic mass is 16.5. The molecule has 0 aliphatic heterocycles. The second-order valence-electron chi connectivity index (χ2n) is 5.20. The molecule has 8 heteroatoms. The Balaban J connectivity index is 2.06. The third kappa shape index (κ3) is 4.98. The summed E-state index contributed by atoms with van der Waals surface area (Å²) in [6.07, 6.45) is -0.634. The molecule has 1 atom stereocenters. The molecule has 0 radical (unpaired) electrons. The van der Waals surface area contributed by atoms with Gasteiger partial charge in [0.25, 0.3) is 0 Å². The van der Waals surface area contributed by atoms with Crippen LogP contribution in [0.1, 0.15) is 34.5 Å². The highest BCUT2D eigenvalue weighted by Gasteiger charge is 2.15. The van der Waals surface area contributed by atoms with Gasteiger partial charge in [0, 0.05) is 10.6 Å². The summed E-state index contributed by atoms with van der Waals surface area (Å²) in [5.41, 5.74) is 10.1. The van der Waals surface area contributed by atoms with E-state index in [1.54, 1.807) is 6.92 Å². The van der Waals surface area contributed by atoms with E-state index in [0.29, 0.717) is 5.56 Å². The minimum Gasteiger partial charge on any atom is -0.478 e. The minimum absolute atomic E-state index is 0.00926. The molecule has 1 amide bonds. The molecule has 2 N–H and O–H groups in total. The van der Waals surface area contributed by atoms with Crippen LogP contribution in [0.3, 0.4) is 0 Å². The molecule has 128 valence electrons.